The smallest absolute Gasteiger partial charge is 0.123 e. The summed E-state index contributed by atoms with van der Waals surface area (Å²) in [6.45, 7) is 8.92. The van der Waals surface area contributed by atoms with E-state index in [0.717, 1.165) is 74.2 Å². The van der Waals surface area contributed by atoms with Gasteiger partial charge in [-0.3, -0.25) is 9.98 Å². The van der Waals surface area contributed by atoms with E-state index >= 15 is 0 Å². The highest BCUT2D eigenvalue weighted by Gasteiger charge is 2.23. The molecular weight excluding hydrogens is 364 g/mol. The van der Waals surface area contributed by atoms with Crippen LogP contribution < -0.4 is 15.4 Å². The molecule has 156 valence electrons. The minimum atomic E-state index is 0.335. The number of aliphatic imine (C=N–C) groups is 1. The second kappa shape index (κ2) is 10.8. The molecule has 1 aromatic heterocycles. The van der Waals surface area contributed by atoms with Crippen molar-refractivity contribution in [1.29, 1.82) is 0 Å². The third-order valence-electron chi connectivity index (χ3n) is 5.17. The monoisotopic (exact) mass is 396 g/mol. The minimum Gasteiger partial charge on any atom is -0.493 e. The molecule has 0 amide bonds. The third-order valence-corrected chi connectivity index (χ3v) is 5.17. The van der Waals surface area contributed by atoms with Crippen LogP contribution in [0, 0.1) is 0 Å². The number of rotatable bonds is 9. The van der Waals surface area contributed by atoms with Gasteiger partial charge in [0.2, 0.25) is 0 Å². The van der Waals surface area contributed by atoms with Gasteiger partial charge in [-0.05, 0) is 24.6 Å². The van der Waals surface area contributed by atoms with Crippen molar-refractivity contribution in [2.45, 2.75) is 38.5 Å². The van der Waals surface area contributed by atoms with E-state index in [9.17, 15) is 0 Å². The summed E-state index contributed by atoms with van der Waals surface area (Å²) in [5, 5.41) is 6.41. The first kappa shape index (κ1) is 21.1. The first-order valence-corrected chi connectivity index (χ1v) is 10.4. The van der Waals surface area contributed by atoms with Crippen molar-refractivity contribution in [3.63, 3.8) is 0 Å². The van der Waals surface area contributed by atoms with E-state index in [2.05, 4.69) is 47.3 Å². The summed E-state index contributed by atoms with van der Waals surface area (Å²) in [5.41, 5.74) is 4.33. The molecule has 1 unspecified atom stereocenters. The molecule has 1 fully saturated rings. The molecule has 0 bridgehead atoms. The van der Waals surface area contributed by atoms with Crippen LogP contribution in [0.5, 0.6) is 5.75 Å². The van der Waals surface area contributed by atoms with E-state index in [4.69, 9.17) is 14.5 Å². The molecule has 0 spiro atoms. The van der Waals surface area contributed by atoms with Crippen LogP contribution >= 0.6 is 0 Å². The minimum absolute atomic E-state index is 0.335. The predicted octanol–water partition coefficient (Wildman–Crippen LogP) is 3.79. The van der Waals surface area contributed by atoms with Crippen LogP contribution in [-0.2, 0) is 4.74 Å². The van der Waals surface area contributed by atoms with Crippen molar-refractivity contribution in [3.8, 4) is 5.75 Å². The van der Waals surface area contributed by atoms with E-state index < -0.39 is 0 Å². The van der Waals surface area contributed by atoms with Gasteiger partial charge in [-0.1, -0.05) is 26.0 Å². The lowest BCUT2D eigenvalue weighted by Gasteiger charge is -2.14. The first-order chi connectivity index (χ1) is 14.2. The number of aromatic nitrogens is 1. The lowest BCUT2D eigenvalue weighted by molar-refractivity contribution is 0.193. The van der Waals surface area contributed by atoms with E-state index in [1.165, 1.54) is 5.57 Å². The molecule has 3 heterocycles. The molecule has 1 atom stereocenters. The van der Waals surface area contributed by atoms with Crippen LogP contribution in [0.3, 0.4) is 0 Å². The Kier molecular flexibility index (Phi) is 7.87. The number of hydrogen-bond donors (Lipinski definition) is 2. The maximum atomic E-state index is 6.04. The summed E-state index contributed by atoms with van der Waals surface area (Å²) in [5.74, 6) is 2.11. The highest BCUT2D eigenvalue weighted by molar-refractivity contribution is 5.86. The van der Waals surface area contributed by atoms with Gasteiger partial charge in [0.1, 0.15) is 11.6 Å². The van der Waals surface area contributed by atoms with E-state index in [-0.39, 0.29) is 0 Å². The molecule has 6 nitrogen and oxygen atoms in total. The molecular formula is C23H32N4O2. The summed E-state index contributed by atoms with van der Waals surface area (Å²) in [4.78, 5) is 9.25. The van der Waals surface area contributed by atoms with Crippen molar-refractivity contribution in [2.75, 3.05) is 33.4 Å². The van der Waals surface area contributed by atoms with Gasteiger partial charge >= 0.3 is 0 Å². The molecule has 1 aromatic rings. The van der Waals surface area contributed by atoms with Gasteiger partial charge < -0.3 is 20.1 Å². The van der Waals surface area contributed by atoms with Crippen LogP contribution in [0.25, 0.3) is 5.57 Å². The Morgan fingerprint density at radius 1 is 1.48 bits per heavy atom. The number of pyridine rings is 1. The standard InChI is InChI=1S/C23H32N4O2/c1-4-6-10-29-19-12-21(18-9-11-28-16-18)27-22(13-19)20-15-25-14-17(20)7-8-23(24-3)26-5-2/h5,7,12-13,15,18,25H,2,4,6,8-11,14,16H2,1,3H3,(H,24,26)/b17-7+. The third kappa shape index (κ3) is 5.70. The molecule has 6 heteroatoms. The summed E-state index contributed by atoms with van der Waals surface area (Å²) in [7, 11) is 1.78. The van der Waals surface area contributed by atoms with Crippen molar-refractivity contribution in [3.05, 3.63) is 54.1 Å². The number of nitrogens with one attached hydrogen (secondary N) is 2. The Morgan fingerprint density at radius 3 is 3.10 bits per heavy atom. The van der Waals surface area contributed by atoms with Gasteiger partial charge in [-0.2, -0.15) is 0 Å². The molecule has 2 N–H and O–H groups in total. The zero-order chi connectivity index (χ0) is 20.5. The van der Waals surface area contributed by atoms with Gasteiger partial charge in [0, 0.05) is 56.4 Å². The number of unbranched alkanes of at least 4 members (excludes halogenated alkanes) is 1. The molecule has 3 rings (SSSR count). The lowest BCUT2D eigenvalue weighted by Crippen LogP contribution is -2.16. The van der Waals surface area contributed by atoms with Gasteiger partial charge in [-0.25, -0.2) is 0 Å². The highest BCUT2D eigenvalue weighted by atomic mass is 16.5. The van der Waals surface area contributed by atoms with E-state index in [1.807, 2.05) is 6.20 Å². The maximum Gasteiger partial charge on any atom is 0.123 e. The fourth-order valence-electron chi connectivity index (χ4n) is 3.48. The second-order valence-electron chi connectivity index (χ2n) is 7.27. The largest absolute Gasteiger partial charge is 0.493 e. The Morgan fingerprint density at radius 2 is 2.38 bits per heavy atom. The zero-order valence-electron chi connectivity index (χ0n) is 17.5. The quantitative estimate of drug-likeness (QED) is 0.378. The number of amidine groups is 1. The van der Waals surface area contributed by atoms with E-state index in [1.54, 1.807) is 13.2 Å². The fourth-order valence-corrected chi connectivity index (χ4v) is 3.48. The van der Waals surface area contributed by atoms with Crippen molar-refractivity contribution in [1.82, 2.24) is 15.6 Å². The van der Waals surface area contributed by atoms with Crippen LogP contribution in [0.4, 0.5) is 0 Å². The summed E-state index contributed by atoms with van der Waals surface area (Å²) >= 11 is 0. The average molecular weight is 397 g/mol. The maximum absolute atomic E-state index is 6.04. The summed E-state index contributed by atoms with van der Waals surface area (Å²) < 4.78 is 11.6. The van der Waals surface area contributed by atoms with Crippen molar-refractivity contribution in [2.24, 2.45) is 4.99 Å². The molecule has 0 aromatic carbocycles. The normalized spacial score (nSPS) is 20.5. The fraction of sp³-hybridized carbons (Fsp3) is 0.478. The van der Waals surface area contributed by atoms with Gasteiger partial charge in [0.15, 0.2) is 0 Å². The van der Waals surface area contributed by atoms with Gasteiger partial charge in [0.05, 0.1) is 24.6 Å². The average Bonchev–Trinajstić information content (AvgIpc) is 3.43. The van der Waals surface area contributed by atoms with Crippen LogP contribution in [0.1, 0.15) is 49.9 Å². The Hall–Kier alpha value is -2.60. The lowest BCUT2D eigenvalue weighted by atomic mass is 10.00. The number of nitrogens with zero attached hydrogens (tertiary/aromatic N) is 2. The summed E-state index contributed by atoms with van der Waals surface area (Å²) in [6.07, 6.45) is 9.77. The van der Waals surface area contributed by atoms with Gasteiger partial charge in [0.25, 0.3) is 0 Å². The topological polar surface area (TPSA) is 67.8 Å². The Labute approximate surface area is 173 Å². The molecule has 0 saturated carbocycles. The molecule has 0 radical (unpaired) electrons. The Balaban J connectivity index is 1.85. The van der Waals surface area contributed by atoms with E-state index in [0.29, 0.717) is 12.3 Å². The number of hydrogen-bond acceptors (Lipinski definition) is 5. The zero-order valence-corrected chi connectivity index (χ0v) is 17.5. The molecule has 2 aliphatic rings. The van der Waals surface area contributed by atoms with Crippen molar-refractivity contribution >= 4 is 11.4 Å². The molecule has 1 saturated heterocycles. The van der Waals surface area contributed by atoms with Crippen LogP contribution in [-0.4, -0.2) is 44.2 Å². The molecule has 2 aliphatic heterocycles. The van der Waals surface area contributed by atoms with Crippen molar-refractivity contribution < 1.29 is 9.47 Å². The molecule has 29 heavy (non-hydrogen) atoms. The summed E-state index contributed by atoms with van der Waals surface area (Å²) in [6, 6.07) is 4.14. The highest BCUT2D eigenvalue weighted by Crippen LogP contribution is 2.32. The number of ether oxygens (including phenoxy) is 2. The van der Waals surface area contributed by atoms with Gasteiger partial charge in [-0.15, -0.1) is 0 Å². The molecule has 0 aliphatic carbocycles. The predicted molar refractivity (Wildman–Crippen MR) is 118 cm³/mol. The Bertz CT molecular complexity index is 792. The SMILES string of the molecule is C=CNC(C/C=C1\CNC=C1c1cc(OCCCC)cc(C2CCOC2)n1)=NC. The van der Waals surface area contributed by atoms with Crippen LogP contribution in [0.15, 0.2) is 47.8 Å². The van der Waals surface area contributed by atoms with Crippen LogP contribution in [0.2, 0.25) is 0 Å². The second-order valence-corrected chi connectivity index (χ2v) is 7.27. The first-order valence-electron chi connectivity index (χ1n) is 10.4.